The fourth-order valence-electron chi connectivity index (χ4n) is 3.73. The standard InChI is InChI=1S/C15H20N2O3.ClH/c18-10-14(11-19)13(20)17(12-4-2-1-3-5-12)15(14)6-8-16-9-7-15;/h1-5,16,18-19H,6-11H2;1H. The molecule has 116 valence electrons. The molecule has 5 nitrogen and oxygen atoms in total. The highest BCUT2D eigenvalue weighted by atomic mass is 35.5. The Balaban J connectivity index is 0.00000161. The first kappa shape index (κ1) is 16.2. The van der Waals surface area contributed by atoms with Crippen molar-refractivity contribution < 1.29 is 15.0 Å². The molecule has 3 rings (SSSR count). The van der Waals surface area contributed by atoms with Gasteiger partial charge in [0, 0.05) is 5.69 Å². The summed E-state index contributed by atoms with van der Waals surface area (Å²) in [5, 5.41) is 22.8. The maximum atomic E-state index is 12.6. The smallest absolute Gasteiger partial charge is 0.240 e. The highest BCUT2D eigenvalue weighted by Gasteiger charge is 2.70. The first-order chi connectivity index (χ1) is 9.72. The minimum atomic E-state index is -1.04. The lowest BCUT2D eigenvalue weighted by atomic mass is 9.56. The summed E-state index contributed by atoms with van der Waals surface area (Å²) in [5.74, 6) is -0.171. The average molecular weight is 313 g/mol. The normalized spacial score (nSPS) is 22.6. The number of anilines is 1. The summed E-state index contributed by atoms with van der Waals surface area (Å²) < 4.78 is 0. The molecular weight excluding hydrogens is 292 g/mol. The summed E-state index contributed by atoms with van der Waals surface area (Å²) in [4.78, 5) is 14.4. The van der Waals surface area contributed by atoms with Crippen LogP contribution in [-0.2, 0) is 4.79 Å². The molecule has 0 atom stereocenters. The molecule has 2 heterocycles. The van der Waals surface area contributed by atoms with Crippen LogP contribution in [-0.4, -0.2) is 48.0 Å². The highest BCUT2D eigenvalue weighted by Crippen LogP contribution is 2.54. The Labute approximate surface area is 130 Å². The molecule has 0 aliphatic carbocycles. The van der Waals surface area contributed by atoms with Crippen LogP contribution in [0.25, 0.3) is 0 Å². The maximum absolute atomic E-state index is 12.6. The number of carbonyl (C=O) groups is 1. The molecule has 0 radical (unpaired) electrons. The molecule has 6 heteroatoms. The molecule has 1 aromatic carbocycles. The van der Waals surface area contributed by atoms with Gasteiger partial charge in [0.05, 0.1) is 18.8 Å². The second-order valence-corrected chi connectivity index (χ2v) is 5.66. The molecule has 0 bridgehead atoms. The summed E-state index contributed by atoms with van der Waals surface area (Å²) in [7, 11) is 0. The summed E-state index contributed by atoms with van der Waals surface area (Å²) in [6.07, 6.45) is 1.49. The van der Waals surface area contributed by atoms with Crippen LogP contribution < -0.4 is 10.2 Å². The summed E-state index contributed by atoms with van der Waals surface area (Å²) in [5.41, 5.74) is -0.664. The molecule has 2 aliphatic rings. The van der Waals surface area contributed by atoms with Crippen molar-refractivity contribution in [1.29, 1.82) is 0 Å². The van der Waals surface area contributed by atoms with Gasteiger partial charge in [-0.15, -0.1) is 12.4 Å². The van der Waals surface area contributed by atoms with E-state index >= 15 is 0 Å². The van der Waals surface area contributed by atoms with E-state index in [1.807, 2.05) is 30.3 Å². The van der Waals surface area contributed by atoms with Crippen molar-refractivity contribution in [1.82, 2.24) is 5.32 Å². The van der Waals surface area contributed by atoms with E-state index < -0.39 is 11.0 Å². The molecule has 0 unspecified atom stereocenters. The number of nitrogens with one attached hydrogen (secondary N) is 1. The third kappa shape index (κ3) is 1.99. The third-order valence-corrected chi connectivity index (χ3v) is 4.92. The van der Waals surface area contributed by atoms with Crippen LogP contribution in [0.2, 0.25) is 0 Å². The van der Waals surface area contributed by atoms with E-state index in [0.717, 1.165) is 31.6 Å². The van der Waals surface area contributed by atoms with Crippen LogP contribution in [0.1, 0.15) is 12.8 Å². The molecule has 1 aromatic rings. The molecule has 2 saturated heterocycles. The van der Waals surface area contributed by atoms with E-state index in [4.69, 9.17) is 0 Å². The molecule has 2 aliphatic heterocycles. The van der Waals surface area contributed by atoms with E-state index in [2.05, 4.69) is 5.32 Å². The largest absolute Gasteiger partial charge is 0.395 e. The van der Waals surface area contributed by atoms with Gasteiger partial charge in [-0.3, -0.25) is 4.79 Å². The second kappa shape index (κ2) is 5.93. The quantitative estimate of drug-likeness (QED) is 0.713. The van der Waals surface area contributed by atoms with Crippen molar-refractivity contribution in [2.75, 3.05) is 31.2 Å². The number of hydrogen-bond donors (Lipinski definition) is 3. The lowest BCUT2D eigenvalue weighted by Crippen LogP contribution is -2.82. The molecule has 0 aromatic heterocycles. The summed E-state index contributed by atoms with van der Waals surface area (Å²) in [6.45, 7) is 0.980. The molecule has 1 amide bonds. The van der Waals surface area contributed by atoms with Crippen molar-refractivity contribution >= 4 is 24.0 Å². The van der Waals surface area contributed by atoms with E-state index in [-0.39, 0.29) is 31.5 Å². The van der Waals surface area contributed by atoms with Gasteiger partial charge < -0.3 is 20.4 Å². The van der Waals surface area contributed by atoms with Crippen LogP contribution in [0.3, 0.4) is 0 Å². The van der Waals surface area contributed by atoms with Crippen LogP contribution in [0, 0.1) is 5.41 Å². The lowest BCUT2D eigenvalue weighted by Gasteiger charge is -2.65. The van der Waals surface area contributed by atoms with Gasteiger partial charge in [-0.1, -0.05) is 18.2 Å². The summed E-state index contributed by atoms with van der Waals surface area (Å²) >= 11 is 0. The lowest BCUT2D eigenvalue weighted by molar-refractivity contribution is -0.161. The van der Waals surface area contributed by atoms with Crippen molar-refractivity contribution in [3.05, 3.63) is 30.3 Å². The van der Waals surface area contributed by atoms with Crippen molar-refractivity contribution in [2.45, 2.75) is 18.4 Å². The van der Waals surface area contributed by atoms with Gasteiger partial charge in [0.15, 0.2) is 0 Å². The number of hydrogen-bond acceptors (Lipinski definition) is 4. The van der Waals surface area contributed by atoms with Gasteiger partial charge in [-0.2, -0.15) is 0 Å². The predicted octanol–water partition coefficient (Wildman–Crippen LogP) is 0.548. The highest BCUT2D eigenvalue weighted by molar-refractivity contribution is 6.08. The Kier molecular flexibility index (Phi) is 4.58. The monoisotopic (exact) mass is 312 g/mol. The zero-order chi connectivity index (χ0) is 14.2. The van der Waals surface area contributed by atoms with Crippen molar-refractivity contribution in [2.24, 2.45) is 5.41 Å². The molecule has 0 saturated carbocycles. The van der Waals surface area contributed by atoms with E-state index in [0.29, 0.717) is 0 Å². The number of aliphatic hydroxyl groups is 2. The number of aliphatic hydroxyl groups excluding tert-OH is 2. The first-order valence-electron chi connectivity index (χ1n) is 7.04. The van der Waals surface area contributed by atoms with Gasteiger partial charge in [0.1, 0.15) is 5.41 Å². The molecule has 3 N–H and O–H groups in total. The number of piperidine rings is 1. The number of para-hydroxylation sites is 1. The van der Waals surface area contributed by atoms with Gasteiger partial charge >= 0.3 is 0 Å². The Morgan fingerprint density at radius 3 is 2.19 bits per heavy atom. The van der Waals surface area contributed by atoms with Gasteiger partial charge in [-0.05, 0) is 38.1 Å². The van der Waals surface area contributed by atoms with Gasteiger partial charge in [0.25, 0.3) is 0 Å². The minimum Gasteiger partial charge on any atom is -0.395 e. The number of rotatable bonds is 3. The first-order valence-corrected chi connectivity index (χ1v) is 7.04. The number of β-lactam (4-membered cyclic amide) rings is 1. The van der Waals surface area contributed by atoms with Crippen LogP contribution >= 0.6 is 12.4 Å². The molecule has 1 spiro atoms. The van der Waals surface area contributed by atoms with Gasteiger partial charge in [-0.25, -0.2) is 0 Å². The zero-order valence-corrected chi connectivity index (χ0v) is 12.6. The average Bonchev–Trinajstić information content (AvgIpc) is 2.51. The van der Waals surface area contributed by atoms with E-state index in [1.165, 1.54) is 0 Å². The Morgan fingerprint density at radius 1 is 1.10 bits per heavy atom. The van der Waals surface area contributed by atoms with E-state index in [1.54, 1.807) is 4.90 Å². The maximum Gasteiger partial charge on any atom is 0.240 e. The molecule has 21 heavy (non-hydrogen) atoms. The molecular formula is C15H21ClN2O3. The fourth-order valence-corrected chi connectivity index (χ4v) is 3.73. The number of amides is 1. The van der Waals surface area contributed by atoms with Crippen LogP contribution in [0.15, 0.2) is 30.3 Å². The Hall–Kier alpha value is -1.14. The third-order valence-electron chi connectivity index (χ3n) is 4.92. The van der Waals surface area contributed by atoms with E-state index in [9.17, 15) is 15.0 Å². The molecule has 2 fully saturated rings. The van der Waals surface area contributed by atoms with Gasteiger partial charge in [0.2, 0.25) is 5.91 Å². The van der Waals surface area contributed by atoms with Crippen molar-refractivity contribution in [3.8, 4) is 0 Å². The Morgan fingerprint density at radius 2 is 1.67 bits per heavy atom. The fraction of sp³-hybridized carbons (Fsp3) is 0.533. The zero-order valence-electron chi connectivity index (χ0n) is 11.8. The SMILES string of the molecule is Cl.O=C1N(c2ccccc2)C2(CCNCC2)C1(CO)CO. The topological polar surface area (TPSA) is 72.8 Å². The number of halogens is 1. The summed E-state index contributed by atoms with van der Waals surface area (Å²) in [6, 6.07) is 9.51. The minimum absolute atomic E-state index is 0. The number of carbonyl (C=O) groups excluding carboxylic acids is 1. The number of nitrogens with zero attached hydrogens (tertiary/aromatic N) is 1. The second-order valence-electron chi connectivity index (χ2n) is 5.66. The van der Waals surface area contributed by atoms with Crippen LogP contribution in [0.4, 0.5) is 5.69 Å². The number of benzene rings is 1. The van der Waals surface area contributed by atoms with Crippen molar-refractivity contribution in [3.63, 3.8) is 0 Å². The van der Waals surface area contributed by atoms with Crippen LogP contribution in [0.5, 0.6) is 0 Å². The Bertz CT molecular complexity index is 499. The predicted molar refractivity (Wildman–Crippen MR) is 82.6 cm³/mol.